The Labute approximate surface area is 108 Å². The summed E-state index contributed by atoms with van der Waals surface area (Å²) in [6.45, 7) is 3.56. The van der Waals surface area contributed by atoms with E-state index in [-0.39, 0.29) is 12.5 Å². The van der Waals surface area contributed by atoms with E-state index in [1.54, 1.807) is 0 Å². The van der Waals surface area contributed by atoms with Crippen LogP contribution < -0.4 is 15.8 Å². The van der Waals surface area contributed by atoms with Crippen LogP contribution in [-0.2, 0) is 11.3 Å². The standard InChI is InChI=1S/C14H20N2O2/c1-10-6-12(10)8-16-14(17)9-18-13-4-2-11(7-15)3-5-13/h2-5,10,12H,6-9,15H2,1H3,(H,16,17). The molecule has 0 bridgehead atoms. The highest BCUT2D eigenvalue weighted by Gasteiger charge is 2.32. The Morgan fingerprint density at radius 3 is 2.67 bits per heavy atom. The van der Waals surface area contributed by atoms with Crippen molar-refractivity contribution in [1.29, 1.82) is 0 Å². The van der Waals surface area contributed by atoms with Gasteiger partial charge in [0.05, 0.1) is 0 Å². The normalized spacial score (nSPS) is 21.4. The topological polar surface area (TPSA) is 64.3 Å². The number of nitrogens with two attached hydrogens (primary N) is 1. The summed E-state index contributed by atoms with van der Waals surface area (Å²) in [5.41, 5.74) is 6.55. The third-order valence-electron chi connectivity index (χ3n) is 3.37. The number of hydrogen-bond donors (Lipinski definition) is 2. The number of carbonyl (C=O) groups is 1. The molecule has 1 fully saturated rings. The summed E-state index contributed by atoms with van der Waals surface area (Å²) in [5.74, 6) is 2.06. The molecule has 1 aliphatic carbocycles. The number of nitrogens with one attached hydrogen (secondary N) is 1. The van der Waals surface area contributed by atoms with E-state index in [1.807, 2.05) is 24.3 Å². The highest BCUT2D eigenvalue weighted by Crippen LogP contribution is 2.36. The lowest BCUT2D eigenvalue weighted by Gasteiger charge is -2.07. The third-order valence-corrected chi connectivity index (χ3v) is 3.37. The number of hydrogen-bond acceptors (Lipinski definition) is 3. The molecule has 3 N–H and O–H groups in total. The van der Waals surface area contributed by atoms with Crippen LogP contribution in [0, 0.1) is 11.8 Å². The summed E-state index contributed by atoms with van der Waals surface area (Å²) in [7, 11) is 0. The van der Waals surface area contributed by atoms with Gasteiger partial charge in [-0.2, -0.15) is 0 Å². The van der Waals surface area contributed by atoms with E-state index in [4.69, 9.17) is 10.5 Å². The van der Waals surface area contributed by atoms with Crippen LogP contribution in [0.15, 0.2) is 24.3 Å². The Hall–Kier alpha value is -1.55. The van der Waals surface area contributed by atoms with Crippen molar-refractivity contribution in [2.45, 2.75) is 19.9 Å². The van der Waals surface area contributed by atoms with Gasteiger partial charge in [0.2, 0.25) is 0 Å². The number of rotatable bonds is 6. The molecular weight excluding hydrogens is 228 g/mol. The van der Waals surface area contributed by atoms with Crippen LogP contribution in [0.3, 0.4) is 0 Å². The Bertz CT molecular complexity index is 403. The fraction of sp³-hybridized carbons (Fsp3) is 0.500. The number of amides is 1. The zero-order valence-electron chi connectivity index (χ0n) is 10.7. The van der Waals surface area contributed by atoms with Gasteiger partial charge in [-0.05, 0) is 36.0 Å². The zero-order chi connectivity index (χ0) is 13.0. The van der Waals surface area contributed by atoms with Crippen LogP contribution in [0.1, 0.15) is 18.9 Å². The summed E-state index contributed by atoms with van der Waals surface area (Å²) >= 11 is 0. The minimum atomic E-state index is -0.0583. The first kappa shape index (κ1) is 12.9. The molecule has 2 rings (SSSR count). The van der Waals surface area contributed by atoms with Crippen molar-refractivity contribution in [2.75, 3.05) is 13.2 Å². The smallest absolute Gasteiger partial charge is 0.257 e. The van der Waals surface area contributed by atoms with E-state index >= 15 is 0 Å². The van der Waals surface area contributed by atoms with Gasteiger partial charge >= 0.3 is 0 Å². The van der Waals surface area contributed by atoms with Crippen molar-refractivity contribution >= 4 is 5.91 Å². The van der Waals surface area contributed by atoms with Crippen LogP contribution in [-0.4, -0.2) is 19.1 Å². The predicted molar refractivity (Wildman–Crippen MR) is 70.1 cm³/mol. The van der Waals surface area contributed by atoms with Gasteiger partial charge in [-0.3, -0.25) is 4.79 Å². The molecule has 0 heterocycles. The first-order valence-electron chi connectivity index (χ1n) is 6.37. The van der Waals surface area contributed by atoms with Crippen molar-refractivity contribution in [3.63, 3.8) is 0 Å². The highest BCUT2D eigenvalue weighted by atomic mass is 16.5. The first-order chi connectivity index (χ1) is 8.69. The molecule has 1 aromatic carbocycles. The van der Waals surface area contributed by atoms with E-state index in [9.17, 15) is 4.79 Å². The maximum atomic E-state index is 11.5. The molecular formula is C14H20N2O2. The fourth-order valence-corrected chi connectivity index (χ4v) is 1.85. The zero-order valence-corrected chi connectivity index (χ0v) is 10.7. The molecule has 1 amide bonds. The summed E-state index contributed by atoms with van der Waals surface area (Å²) in [5, 5.41) is 2.88. The molecule has 4 nitrogen and oxygen atoms in total. The first-order valence-corrected chi connectivity index (χ1v) is 6.37. The van der Waals surface area contributed by atoms with E-state index in [0.29, 0.717) is 18.2 Å². The summed E-state index contributed by atoms with van der Waals surface area (Å²) in [6.07, 6.45) is 1.22. The molecule has 2 unspecified atom stereocenters. The maximum Gasteiger partial charge on any atom is 0.257 e. The van der Waals surface area contributed by atoms with E-state index < -0.39 is 0 Å². The molecule has 2 atom stereocenters. The van der Waals surface area contributed by atoms with E-state index in [0.717, 1.165) is 18.0 Å². The van der Waals surface area contributed by atoms with E-state index in [2.05, 4.69) is 12.2 Å². The Kier molecular flexibility index (Phi) is 4.20. The lowest BCUT2D eigenvalue weighted by atomic mass is 10.2. The number of benzene rings is 1. The molecule has 1 aromatic rings. The average molecular weight is 248 g/mol. The van der Waals surface area contributed by atoms with Crippen molar-refractivity contribution in [3.8, 4) is 5.75 Å². The Morgan fingerprint density at radius 2 is 2.11 bits per heavy atom. The largest absolute Gasteiger partial charge is 0.484 e. The van der Waals surface area contributed by atoms with E-state index in [1.165, 1.54) is 6.42 Å². The van der Waals surface area contributed by atoms with Gasteiger partial charge in [0.25, 0.3) is 5.91 Å². The van der Waals surface area contributed by atoms with Crippen molar-refractivity contribution in [2.24, 2.45) is 17.6 Å². The second kappa shape index (κ2) is 5.87. The molecule has 98 valence electrons. The van der Waals surface area contributed by atoms with Gasteiger partial charge in [-0.25, -0.2) is 0 Å². The average Bonchev–Trinajstić information content (AvgIpc) is 3.10. The molecule has 1 aliphatic rings. The quantitative estimate of drug-likeness (QED) is 0.797. The van der Waals surface area contributed by atoms with Crippen LogP contribution in [0.5, 0.6) is 5.75 Å². The number of carbonyl (C=O) groups excluding carboxylic acids is 1. The minimum absolute atomic E-state index is 0.0583. The third kappa shape index (κ3) is 3.74. The van der Waals surface area contributed by atoms with Crippen LogP contribution in [0.2, 0.25) is 0 Å². The fourth-order valence-electron chi connectivity index (χ4n) is 1.85. The predicted octanol–water partition coefficient (Wildman–Crippen LogP) is 1.30. The second-order valence-electron chi connectivity index (χ2n) is 4.91. The van der Waals surface area contributed by atoms with Gasteiger partial charge < -0.3 is 15.8 Å². The monoisotopic (exact) mass is 248 g/mol. The molecule has 1 saturated carbocycles. The van der Waals surface area contributed by atoms with Crippen LogP contribution in [0.25, 0.3) is 0 Å². The van der Waals surface area contributed by atoms with Crippen molar-refractivity contribution < 1.29 is 9.53 Å². The molecule has 0 saturated heterocycles. The molecule has 4 heteroatoms. The lowest BCUT2D eigenvalue weighted by molar-refractivity contribution is -0.123. The second-order valence-corrected chi connectivity index (χ2v) is 4.91. The van der Waals surface area contributed by atoms with Gasteiger partial charge in [0.1, 0.15) is 5.75 Å². The summed E-state index contributed by atoms with van der Waals surface area (Å²) < 4.78 is 5.39. The van der Waals surface area contributed by atoms with Gasteiger partial charge in [0.15, 0.2) is 6.61 Å². The summed E-state index contributed by atoms with van der Waals surface area (Å²) in [6, 6.07) is 7.47. The van der Waals surface area contributed by atoms with Crippen LogP contribution >= 0.6 is 0 Å². The number of ether oxygens (including phenoxy) is 1. The minimum Gasteiger partial charge on any atom is -0.484 e. The Balaban J connectivity index is 1.68. The molecule has 0 aliphatic heterocycles. The van der Waals surface area contributed by atoms with Gasteiger partial charge in [-0.15, -0.1) is 0 Å². The maximum absolute atomic E-state index is 11.5. The lowest BCUT2D eigenvalue weighted by Crippen LogP contribution is -2.30. The summed E-state index contributed by atoms with van der Waals surface area (Å²) in [4.78, 5) is 11.5. The molecule has 0 aromatic heterocycles. The highest BCUT2D eigenvalue weighted by molar-refractivity contribution is 5.77. The Morgan fingerprint density at radius 1 is 1.44 bits per heavy atom. The van der Waals surface area contributed by atoms with Crippen molar-refractivity contribution in [1.82, 2.24) is 5.32 Å². The van der Waals surface area contributed by atoms with Gasteiger partial charge in [-0.1, -0.05) is 19.1 Å². The van der Waals surface area contributed by atoms with Gasteiger partial charge in [0, 0.05) is 13.1 Å². The molecule has 18 heavy (non-hydrogen) atoms. The van der Waals surface area contributed by atoms with Crippen molar-refractivity contribution in [3.05, 3.63) is 29.8 Å². The van der Waals surface area contributed by atoms with Crippen LogP contribution in [0.4, 0.5) is 0 Å². The SMILES string of the molecule is CC1CC1CNC(=O)COc1ccc(CN)cc1. The molecule has 0 radical (unpaired) electrons. The molecule has 0 spiro atoms.